The largest absolute Gasteiger partial charge is 0.393 e. The van der Waals surface area contributed by atoms with Crippen molar-refractivity contribution >= 4 is 0 Å². The zero-order chi connectivity index (χ0) is 20.1. The van der Waals surface area contributed by atoms with Crippen LogP contribution in [0.5, 0.6) is 0 Å². The third kappa shape index (κ3) is 3.42. The summed E-state index contributed by atoms with van der Waals surface area (Å²) in [5, 5.41) is 10.2. The van der Waals surface area contributed by atoms with Gasteiger partial charge in [0.1, 0.15) is 0 Å². The zero-order valence-electron chi connectivity index (χ0n) is 19.3. The van der Waals surface area contributed by atoms with E-state index in [-0.39, 0.29) is 6.10 Å². The molecule has 0 bridgehead atoms. The van der Waals surface area contributed by atoms with Crippen molar-refractivity contribution < 1.29 is 5.11 Å². The van der Waals surface area contributed by atoms with Crippen molar-refractivity contribution in [1.29, 1.82) is 0 Å². The first kappa shape index (κ1) is 21.0. The second-order valence-corrected chi connectivity index (χ2v) is 12.2. The van der Waals surface area contributed by atoms with E-state index in [4.69, 9.17) is 0 Å². The van der Waals surface area contributed by atoms with Gasteiger partial charge in [-0.25, -0.2) is 0 Å². The lowest BCUT2D eigenvalue weighted by Gasteiger charge is -2.61. The molecule has 0 aromatic heterocycles. The number of rotatable bonds is 4. The Balaban J connectivity index is 1.46. The molecule has 0 heterocycles. The van der Waals surface area contributed by atoms with Gasteiger partial charge >= 0.3 is 0 Å². The molecule has 0 aromatic carbocycles. The predicted octanol–water partition coefficient (Wildman–Crippen LogP) is 7.24. The van der Waals surface area contributed by atoms with Gasteiger partial charge in [-0.05, 0) is 116 Å². The minimum absolute atomic E-state index is 0.0145. The van der Waals surface area contributed by atoms with Crippen LogP contribution in [0.3, 0.4) is 0 Å². The van der Waals surface area contributed by atoms with Gasteiger partial charge in [0.2, 0.25) is 0 Å². The molecule has 0 spiro atoms. The van der Waals surface area contributed by atoms with E-state index in [1.807, 2.05) is 0 Å². The summed E-state index contributed by atoms with van der Waals surface area (Å²) in [4.78, 5) is 0. The van der Waals surface area contributed by atoms with Crippen LogP contribution in [0.15, 0.2) is 12.2 Å². The third-order valence-electron chi connectivity index (χ3n) is 10.7. The molecule has 28 heavy (non-hydrogen) atoms. The van der Waals surface area contributed by atoms with Crippen LogP contribution in [0.4, 0.5) is 0 Å². The van der Waals surface area contributed by atoms with Gasteiger partial charge in [0.15, 0.2) is 0 Å². The Morgan fingerprint density at radius 1 is 0.893 bits per heavy atom. The van der Waals surface area contributed by atoms with E-state index in [1.165, 1.54) is 51.4 Å². The normalized spacial score (nSPS) is 49.7. The summed E-state index contributed by atoms with van der Waals surface area (Å²) in [6.07, 6.45) is 18.5. The van der Waals surface area contributed by atoms with Gasteiger partial charge in [-0.1, -0.05) is 46.8 Å². The van der Waals surface area contributed by atoms with E-state index >= 15 is 0 Å². The average Bonchev–Trinajstić information content (AvgIpc) is 2.99. The first-order valence-electron chi connectivity index (χ1n) is 12.6. The first-order valence-corrected chi connectivity index (χ1v) is 12.6. The first-order chi connectivity index (χ1) is 13.3. The van der Waals surface area contributed by atoms with E-state index in [1.54, 1.807) is 0 Å². The lowest BCUT2D eigenvalue weighted by molar-refractivity contribution is -0.126. The molecular weight excluding hydrogens is 340 g/mol. The maximum absolute atomic E-state index is 10.2. The van der Waals surface area contributed by atoms with Crippen LogP contribution >= 0.6 is 0 Å². The molecule has 4 aliphatic carbocycles. The molecule has 0 amide bonds. The summed E-state index contributed by atoms with van der Waals surface area (Å²) in [5.74, 6) is 6.04. The molecule has 4 aliphatic rings. The fraction of sp³-hybridized carbons (Fsp3) is 0.926. The van der Waals surface area contributed by atoms with Gasteiger partial charge in [0.25, 0.3) is 0 Å². The maximum Gasteiger partial charge on any atom is 0.0543 e. The number of fused-ring (bicyclic) bond motifs is 5. The molecule has 1 nitrogen and oxygen atoms in total. The molecule has 0 radical (unpaired) electrons. The summed E-state index contributed by atoms with van der Waals surface area (Å²) in [6, 6.07) is 0. The van der Waals surface area contributed by atoms with E-state index < -0.39 is 0 Å². The summed E-state index contributed by atoms with van der Waals surface area (Å²) in [5.41, 5.74) is 1.11. The lowest BCUT2D eigenvalue weighted by atomic mass is 9.44. The smallest absolute Gasteiger partial charge is 0.0543 e. The Morgan fingerprint density at radius 2 is 1.61 bits per heavy atom. The van der Waals surface area contributed by atoms with Crippen molar-refractivity contribution in [1.82, 2.24) is 0 Å². The number of allylic oxidation sites excluding steroid dienone is 2. The van der Waals surface area contributed by atoms with Gasteiger partial charge in [-0.2, -0.15) is 0 Å². The van der Waals surface area contributed by atoms with Gasteiger partial charge in [-0.15, -0.1) is 0 Å². The SMILES string of the molecule is CC(C)C(C)C=CCC1CCC2C3CCC4CC(O)CCC4(C)C3CCC12C. The van der Waals surface area contributed by atoms with Gasteiger partial charge in [-0.3, -0.25) is 0 Å². The Labute approximate surface area is 174 Å². The van der Waals surface area contributed by atoms with E-state index in [9.17, 15) is 5.11 Å². The molecule has 4 saturated carbocycles. The predicted molar refractivity (Wildman–Crippen MR) is 119 cm³/mol. The quantitative estimate of drug-likeness (QED) is 0.505. The summed E-state index contributed by atoms with van der Waals surface area (Å²) < 4.78 is 0. The standard InChI is InChI=1S/C27H46O/c1-18(2)19(3)7-6-8-20-10-12-24-23-11-9-21-17-22(28)13-15-27(21,5)25(23)14-16-26(20,24)4/h6-7,18-25,28H,8-17H2,1-5H3. The monoisotopic (exact) mass is 386 g/mol. The van der Waals surface area contributed by atoms with Crippen LogP contribution in [0.1, 0.15) is 98.8 Å². The molecule has 9 atom stereocenters. The Morgan fingerprint density at radius 3 is 2.36 bits per heavy atom. The van der Waals surface area contributed by atoms with Crippen LogP contribution < -0.4 is 0 Å². The van der Waals surface area contributed by atoms with Crippen molar-refractivity contribution in [3.05, 3.63) is 12.2 Å². The van der Waals surface area contributed by atoms with Gasteiger partial charge in [0, 0.05) is 0 Å². The Bertz CT molecular complexity index is 579. The fourth-order valence-electron chi connectivity index (χ4n) is 8.41. The highest BCUT2D eigenvalue weighted by Crippen LogP contribution is 2.67. The second-order valence-electron chi connectivity index (χ2n) is 12.2. The van der Waals surface area contributed by atoms with Gasteiger partial charge in [0.05, 0.1) is 6.10 Å². The molecule has 9 unspecified atom stereocenters. The maximum atomic E-state index is 10.2. The van der Waals surface area contributed by atoms with Crippen LogP contribution in [0.25, 0.3) is 0 Å². The number of aliphatic hydroxyl groups excluding tert-OH is 1. The Hall–Kier alpha value is -0.300. The molecule has 4 rings (SSSR count). The minimum Gasteiger partial charge on any atom is -0.393 e. The van der Waals surface area contributed by atoms with Gasteiger partial charge < -0.3 is 5.11 Å². The second kappa shape index (κ2) is 7.75. The van der Waals surface area contributed by atoms with Crippen molar-refractivity contribution in [3.8, 4) is 0 Å². The molecule has 0 saturated heterocycles. The highest BCUT2D eigenvalue weighted by molar-refractivity contribution is 5.10. The molecule has 160 valence electrons. The fourth-order valence-corrected chi connectivity index (χ4v) is 8.41. The van der Waals surface area contributed by atoms with Crippen LogP contribution in [0.2, 0.25) is 0 Å². The van der Waals surface area contributed by atoms with Crippen LogP contribution in [0, 0.1) is 52.3 Å². The average molecular weight is 387 g/mol. The lowest BCUT2D eigenvalue weighted by Crippen LogP contribution is -2.53. The summed E-state index contributed by atoms with van der Waals surface area (Å²) >= 11 is 0. The van der Waals surface area contributed by atoms with E-state index in [2.05, 4.69) is 46.8 Å². The van der Waals surface area contributed by atoms with E-state index in [0.29, 0.717) is 16.7 Å². The van der Waals surface area contributed by atoms with Crippen LogP contribution in [-0.4, -0.2) is 11.2 Å². The molecule has 0 aliphatic heterocycles. The minimum atomic E-state index is -0.0145. The zero-order valence-corrected chi connectivity index (χ0v) is 19.3. The van der Waals surface area contributed by atoms with Crippen molar-refractivity contribution in [2.45, 2.75) is 105 Å². The van der Waals surface area contributed by atoms with E-state index in [0.717, 1.165) is 48.3 Å². The number of hydrogen-bond acceptors (Lipinski definition) is 1. The molecule has 4 fully saturated rings. The molecule has 1 heteroatoms. The molecule has 1 N–H and O–H groups in total. The summed E-state index contributed by atoms with van der Waals surface area (Å²) in [6.45, 7) is 12.3. The van der Waals surface area contributed by atoms with Crippen molar-refractivity contribution in [2.24, 2.45) is 52.3 Å². The van der Waals surface area contributed by atoms with Crippen molar-refractivity contribution in [2.75, 3.05) is 0 Å². The number of hydrogen-bond donors (Lipinski definition) is 1. The third-order valence-corrected chi connectivity index (χ3v) is 10.7. The topological polar surface area (TPSA) is 20.2 Å². The highest BCUT2D eigenvalue weighted by Gasteiger charge is 2.59. The van der Waals surface area contributed by atoms with Crippen LogP contribution in [-0.2, 0) is 0 Å². The summed E-state index contributed by atoms with van der Waals surface area (Å²) in [7, 11) is 0. The molecule has 0 aromatic rings. The van der Waals surface area contributed by atoms with Crippen molar-refractivity contribution in [3.63, 3.8) is 0 Å². The number of aliphatic hydroxyl groups is 1. The Kier molecular flexibility index (Phi) is 5.80. The molecular formula is C27H46O. The highest BCUT2D eigenvalue weighted by atomic mass is 16.3.